The molecule has 4 heteroatoms. The lowest BCUT2D eigenvalue weighted by molar-refractivity contribution is 0.0943. The summed E-state index contributed by atoms with van der Waals surface area (Å²) in [6.45, 7) is 0.905. The first kappa shape index (κ1) is 14.4. The van der Waals surface area contributed by atoms with Gasteiger partial charge < -0.3 is 10.1 Å². The zero-order chi connectivity index (χ0) is 14.2. The molecule has 1 aliphatic carbocycles. The Labute approximate surface area is 119 Å². The van der Waals surface area contributed by atoms with E-state index in [-0.39, 0.29) is 12.5 Å². The molecular formula is C16H20N2O2. The fourth-order valence-corrected chi connectivity index (χ4v) is 2.48. The fraction of sp³-hybridized carbons (Fsp3) is 0.500. The van der Waals surface area contributed by atoms with Crippen LogP contribution in [0.2, 0.25) is 0 Å². The minimum Gasteiger partial charge on any atom is -0.464 e. The highest BCUT2D eigenvalue weighted by Crippen LogP contribution is 2.22. The molecule has 0 saturated heterocycles. The van der Waals surface area contributed by atoms with Gasteiger partial charge in [-0.1, -0.05) is 25.2 Å². The number of ether oxygens (including phenoxy) is 1. The number of carbonyl (C=O) groups is 1. The van der Waals surface area contributed by atoms with Gasteiger partial charge in [0.25, 0.3) is 5.91 Å². The molecule has 0 spiro atoms. The first-order valence-electron chi connectivity index (χ1n) is 7.10. The Balaban J connectivity index is 1.86. The lowest BCUT2D eigenvalue weighted by Crippen LogP contribution is -2.30. The largest absolute Gasteiger partial charge is 0.464 e. The molecule has 1 aromatic heterocycles. The molecule has 0 aromatic carbocycles. The highest BCUT2D eigenvalue weighted by atomic mass is 16.5. The average molecular weight is 272 g/mol. The van der Waals surface area contributed by atoms with E-state index in [0.717, 1.165) is 6.54 Å². The van der Waals surface area contributed by atoms with E-state index in [0.29, 0.717) is 17.4 Å². The number of nitrogens with one attached hydrogen (secondary N) is 1. The molecule has 0 atom stereocenters. The lowest BCUT2D eigenvalue weighted by Gasteiger charge is -2.21. The van der Waals surface area contributed by atoms with Crippen molar-refractivity contribution < 1.29 is 9.53 Å². The minimum absolute atomic E-state index is 0.0801. The maximum atomic E-state index is 12.1. The number of aromatic nitrogens is 1. The molecule has 106 valence electrons. The minimum atomic E-state index is -0.0801. The quantitative estimate of drug-likeness (QED) is 0.837. The smallest absolute Gasteiger partial charge is 0.251 e. The predicted molar refractivity (Wildman–Crippen MR) is 77.5 cm³/mol. The van der Waals surface area contributed by atoms with Crippen LogP contribution in [0.15, 0.2) is 18.3 Å². The first-order valence-corrected chi connectivity index (χ1v) is 7.10. The van der Waals surface area contributed by atoms with Crippen LogP contribution in [0, 0.1) is 18.3 Å². The Morgan fingerprint density at radius 2 is 2.25 bits per heavy atom. The van der Waals surface area contributed by atoms with Crippen LogP contribution < -0.4 is 10.1 Å². The standard InChI is InChI=1S/C16H20N2O2/c1-2-10-20-15-11-14(8-9-17-15)16(19)18-12-13-6-4-3-5-7-13/h1,8-9,11,13H,3-7,10,12H2,(H,18,19). The van der Waals surface area contributed by atoms with Crippen molar-refractivity contribution >= 4 is 5.91 Å². The van der Waals surface area contributed by atoms with Crippen LogP contribution in [0.4, 0.5) is 0 Å². The number of pyridine rings is 1. The van der Waals surface area contributed by atoms with Crippen LogP contribution in [-0.4, -0.2) is 24.0 Å². The molecule has 1 fully saturated rings. The van der Waals surface area contributed by atoms with E-state index in [2.05, 4.69) is 16.2 Å². The fourth-order valence-electron chi connectivity index (χ4n) is 2.48. The molecule has 1 amide bonds. The lowest BCUT2D eigenvalue weighted by atomic mass is 9.89. The summed E-state index contributed by atoms with van der Waals surface area (Å²) < 4.78 is 5.21. The summed E-state index contributed by atoms with van der Waals surface area (Å²) in [6, 6.07) is 3.30. The molecular weight excluding hydrogens is 252 g/mol. The third kappa shape index (κ3) is 4.27. The number of carbonyl (C=O) groups excluding carboxylic acids is 1. The summed E-state index contributed by atoms with van der Waals surface area (Å²) in [5.41, 5.74) is 0.558. The number of rotatable bonds is 5. The summed E-state index contributed by atoms with van der Waals surface area (Å²) in [6.07, 6.45) is 13.0. The van der Waals surface area contributed by atoms with Crippen molar-refractivity contribution in [2.45, 2.75) is 32.1 Å². The van der Waals surface area contributed by atoms with Gasteiger partial charge in [0.15, 0.2) is 6.61 Å². The molecule has 0 aliphatic heterocycles. The second-order valence-corrected chi connectivity index (χ2v) is 5.09. The Kier molecular flexibility index (Phi) is 5.43. The average Bonchev–Trinajstić information content (AvgIpc) is 2.52. The molecule has 20 heavy (non-hydrogen) atoms. The van der Waals surface area contributed by atoms with Crippen molar-refractivity contribution in [3.05, 3.63) is 23.9 Å². The van der Waals surface area contributed by atoms with Crippen LogP contribution >= 0.6 is 0 Å². The van der Waals surface area contributed by atoms with Gasteiger partial charge in [-0.25, -0.2) is 4.98 Å². The molecule has 0 unspecified atom stereocenters. The second kappa shape index (κ2) is 7.54. The van der Waals surface area contributed by atoms with Crippen LogP contribution in [0.1, 0.15) is 42.5 Å². The van der Waals surface area contributed by atoms with E-state index in [1.807, 2.05) is 0 Å². The van der Waals surface area contributed by atoms with Crippen molar-refractivity contribution in [1.29, 1.82) is 0 Å². The van der Waals surface area contributed by atoms with E-state index in [1.165, 1.54) is 32.1 Å². The first-order chi connectivity index (χ1) is 9.79. The third-order valence-corrected chi connectivity index (χ3v) is 3.58. The van der Waals surface area contributed by atoms with Gasteiger partial charge in [0.05, 0.1) is 0 Å². The SMILES string of the molecule is C#CCOc1cc(C(=O)NCC2CCCCC2)ccn1. The van der Waals surface area contributed by atoms with Crippen LogP contribution in [0.5, 0.6) is 5.88 Å². The van der Waals surface area contributed by atoms with Gasteiger partial charge in [-0.05, 0) is 24.8 Å². The van der Waals surface area contributed by atoms with Crippen molar-refractivity contribution in [2.75, 3.05) is 13.2 Å². The van der Waals surface area contributed by atoms with Gasteiger partial charge in [-0.3, -0.25) is 4.79 Å². The molecule has 1 N–H and O–H groups in total. The predicted octanol–water partition coefficient (Wildman–Crippen LogP) is 2.40. The van der Waals surface area contributed by atoms with E-state index >= 15 is 0 Å². The van der Waals surface area contributed by atoms with Gasteiger partial charge >= 0.3 is 0 Å². The summed E-state index contributed by atoms with van der Waals surface area (Å²) in [5.74, 6) is 3.29. The number of terminal acetylenes is 1. The summed E-state index contributed by atoms with van der Waals surface area (Å²) in [7, 11) is 0. The van der Waals surface area contributed by atoms with Crippen molar-refractivity contribution in [2.24, 2.45) is 5.92 Å². The number of nitrogens with zero attached hydrogens (tertiary/aromatic N) is 1. The van der Waals surface area contributed by atoms with Crippen molar-refractivity contribution in [3.63, 3.8) is 0 Å². The number of hydrogen-bond acceptors (Lipinski definition) is 3. The number of amides is 1. The van der Waals surface area contributed by atoms with Gasteiger partial charge in [0.1, 0.15) is 0 Å². The molecule has 1 heterocycles. The van der Waals surface area contributed by atoms with Gasteiger partial charge in [-0.2, -0.15) is 0 Å². The van der Waals surface area contributed by atoms with Gasteiger partial charge in [0.2, 0.25) is 5.88 Å². The third-order valence-electron chi connectivity index (χ3n) is 3.58. The monoisotopic (exact) mass is 272 g/mol. The molecule has 4 nitrogen and oxygen atoms in total. The van der Waals surface area contributed by atoms with Crippen LogP contribution in [0.3, 0.4) is 0 Å². The van der Waals surface area contributed by atoms with Gasteiger partial charge in [0, 0.05) is 24.4 Å². The molecule has 1 saturated carbocycles. The highest BCUT2D eigenvalue weighted by Gasteiger charge is 2.15. The van der Waals surface area contributed by atoms with Gasteiger partial charge in [-0.15, -0.1) is 6.42 Å². The summed E-state index contributed by atoms with van der Waals surface area (Å²) >= 11 is 0. The van der Waals surface area contributed by atoms with E-state index in [4.69, 9.17) is 11.2 Å². The molecule has 2 rings (SSSR count). The zero-order valence-corrected chi connectivity index (χ0v) is 11.6. The maximum Gasteiger partial charge on any atom is 0.251 e. The van der Waals surface area contributed by atoms with Crippen molar-refractivity contribution in [3.8, 4) is 18.2 Å². The summed E-state index contributed by atoms with van der Waals surface area (Å²) in [5, 5.41) is 2.99. The number of hydrogen-bond donors (Lipinski definition) is 1. The maximum absolute atomic E-state index is 12.1. The van der Waals surface area contributed by atoms with Crippen LogP contribution in [-0.2, 0) is 0 Å². The Morgan fingerprint density at radius 3 is 3.00 bits per heavy atom. The van der Waals surface area contributed by atoms with E-state index in [9.17, 15) is 4.79 Å². The second-order valence-electron chi connectivity index (χ2n) is 5.09. The Morgan fingerprint density at radius 1 is 1.45 bits per heavy atom. The molecule has 1 aromatic rings. The molecule has 0 bridgehead atoms. The van der Waals surface area contributed by atoms with E-state index < -0.39 is 0 Å². The Bertz CT molecular complexity index is 487. The Hall–Kier alpha value is -2.02. The van der Waals surface area contributed by atoms with E-state index in [1.54, 1.807) is 18.3 Å². The van der Waals surface area contributed by atoms with Crippen molar-refractivity contribution in [1.82, 2.24) is 10.3 Å². The zero-order valence-electron chi connectivity index (χ0n) is 11.6. The molecule has 0 radical (unpaired) electrons. The normalized spacial score (nSPS) is 15.3. The highest BCUT2D eigenvalue weighted by molar-refractivity contribution is 5.94. The summed E-state index contributed by atoms with van der Waals surface area (Å²) in [4.78, 5) is 16.1. The topological polar surface area (TPSA) is 51.2 Å². The molecule has 1 aliphatic rings. The van der Waals surface area contributed by atoms with Crippen LogP contribution in [0.25, 0.3) is 0 Å².